The van der Waals surface area contributed by atoms with Crippen molar-refractivity contribution in [1.82, 2.24) is 0 Å². The van der Waals surface area contributed by atoms with Crippen LogP contribution in [-0.4, -0.2) is 15.5 Å². The van der Waals surface area contributed by atoms with Crippen molar-refractivity contribution in [1.29, 1.82) is 0 Å². The quantitative estimate of drug-likeness (QED) is 0.888. The Kier molecular flexibility index (Phi) is 4.32. The van der Waals surface area contributed by atoms with Gasteiger partial charge in [0.05, 0.1) is 12.8 Å². The maximum Gasteiger partial charge on any atom is 0.263 e. The van der Waals surface area contributed by atoms with E-state index in [9.17, 15) is 8.42 Å². The summed E-state index contributed by atoms with van der Waals surface area (Å²) in [4.78, 5) is 1.81. The molecule has 108 valence electrons. The van der Waals surface area contributed by atoms with Crippen LogP contribution in [0.3, 0.4) is 0 Å². The predicted octanol–water partition coefficient (Wildman–Crippen LogP) is 2.32. The normalized spacial score (nSPS) is 11.3. The molecule has 0 bridgehead atoms. The number of hydrogen-bond acceptors (Lipinski definition) is 5. The first-order valence-corrected chi connectivity index (χ1v) is 8.23. The van der Waals surface area contributed by atoms with Crippen LogP contribution in [0, 0.1) is 6.92 Å². The predicted molar refractivity (Wildman–Crippen MR) is 80.7 cm³/mol. The highest BCUT2D eigenvalue weighted by Crippen LogP contribution is 2.30. The van der Waals surface area contributed by atoms with Crippen molar-refractivity contribution in [2.75, 3.05) is 11.8 Å². The van der Waals surface area contributed by atoms with E-state index in [4.69, 9.17) is 10.5 Å². The number of sulfonamides is 1. The second kappa shape index (κ2) is 5.82. The maximum atomic E-state index is 12.4. The van der Waals surface area contributed by atoms with Crippen molar-refractivity contribution in [3.8, 4) is 5.75 Å². The number of para-hydroxylation sites is 2. The average molecular weight is 312 g/mol. The van der Waals surface area contributed by atoms with Crippen LogP contribution in [0.1, 0.15) is 9.75 Å². The molecular weight excluding hydrogens is 296 g/mol. The zero-order chi connectivity index (χ0) is 14.8. The van der Waals surface area contributed by atoms with Gasteiger partial charge in [0.2, 0.25) is 0 Å². The molecule has 7 heteroatoms. The molecule has 1 aromatic carbocycles. The fourth-order valence-electron chi connectivity index (χ4n) is 1.82. The lowest BCUT2D eigenvalue weighted by Crippen LogP contribution is -2.13. The summed E-state index contributed by atoms with van der Waals surface area (Å²) >= 11 is 1.39. The molecule has 0 radical (unpaired) electrons. The molecule has 0 saturated carbocycles. The molecule has 0 amide bonds. The number of thiophene rings is 1. The monoisotopic (exact) mass is 312 g/mol. The Morgan fingerprint density at radius 3 is 2.65 bits per heavy atom. The number of rotatable bonds is 5. The highest BCUT2D eigenvalue weighted by atomic mass is 32.2. The Balaban J connectivity index is 2.38. The summed E-state index contributed by atoms with van der Waals surface area (Å²) in [6, 6.07) is 8.48. The van der Waals surface area contributed by atoms with Gasteiger partial charge in [-0.2, -0.15) is 0 Å². The van der Waals surface area contributed by atoms with E-state index in [1.54, 1.807) is 37.3 Å². The Bertz CT molecular complexity index is 708. The highest BCUT2D eigenvalue weighted by Gasteiger charge is 2.21. The number of anilines is 1. The van der Waals surface area contributed by atoms with Crippen molar-refractivity contribution in [2.24, 2.45) is 5.73 Å². The lowest BCUT2D eigenvalue weighted by atomic mass is 10.3. The van der Waals surface area contributed by atoms with Gasteiger partial charge >= 0.3 is 0 Å². The van der Waals surface area contributed by atoms with E-state index in [1.807, 2.05) is 0 Å². The summed E-state index contributed by atoms with van der Waals surface area (Å²) in [5, 5.41) is 0. The Labute approximate surface area is 122 Å². The molecule has 0 fully saturated rings. The largest absolute Gasteiger partial charge is 0.495 e. The molecule has 5 nitrogen and oxygen atoms in total. The third kappa shape index (κ3) is 2.95. The van der Waals surface area contributed by atoms with E-state index in [0.29, 0.717) is 22.9 Å². The fraction of sp³-hybridized carbons (Fsp3) is 0.231. The van der Waals surface area contributed by atoms with Crippen LogP contribution < -0.4 is 15.2 Å². The van der Waals surface area contributed by atoms with Crippen LogP contribution in [0.25, 0.3) is 0 Å². The Hall–Kier alpha value is -1.57. The summed E-state index contributed by atoms with van der Waals surface area (Å²) < 4.78 is 32.5. The smallest absolute Gasteiger partial charge is 0.263 e. The third-order valence-corrected chi connectivity index (χ3v) is 5.46. The number of aryl methyl sites for hydroxylation is 1. The third-order valence-electron chi connectivity index (χ3n) is 2.77. The summed E-state index contributed by atoms with van der Waals surface area (Å²) in [6.45, 7) is 2.09. The first-order chi connectivity index (χ1) is 9.47. The van der Waals surface area contributed by atoms with Crippen LogP contribution in [0.2, 0.25) is 0 Å². The van der Waals surface area contributed by atoms with Gasteiger partial charge in [0, 0.05) is 16.3 Å². The van der Waals surface area contributed by atoms with E-state index in [2.05, 4.69) is 4.72 Å². The Morgan fingerprint density at radius 1 is 1.35 bits per heavy atom. The Morgan fingerprint density at radius 2 is 2.05 bits per heavy atom. The van der Waals surface area contributed by atoms with Gasteiger partial charge in [-0.15, -0.1) is 11.3 Å². The molecular formula is C13H16N2O3S2. The summed E-state index contributed by atoms with van der Waals surface area (Å²) in [5.74, 6) is 0.475. The number of nitrogens with two attached hydrogens (primary N) is 1. The summed E-state index contributed by atoms with van der Waals surface area (Å²) in [7, 11) is -2.15. The molecule has 2 aromatic rings. The molecule has 0 aliphatic rings. The van der Waals surface area contributed by atoms with Crippen LogP contribution in [0.5, 0.6) is 5.75 Å². The highest BCUT2D eigenvalue weighted by molar-refractivity contribution is 7.93. The van der Waals surface area contributed by atoms with Gasteiger partial charge < -0.3 is 10.5 Å². The lowest BCUT2D eigenvalue weighted by Gasteiger charge is -2.11. The molecule has 0 aliphatic carbocycles. The number of methoxy groups -OCH3 is 1. The first kappa shape index (κ1) is 14.8. The van der Waals surface area contributed by atoms with Gasteiger partial charge in [0.1, 0.15) is 10.6 Å². The lowest BCUT2D eigenvalue weighted by molar-refractivity contribution is 0.417. The van der Waals surface area contributed by atoms with E-state index < -0.39 is 10.0 Å². The molecule has 0 spiro atoms. The molecule has 20 heavy (non-hydrogen) atoms. The second-order valence-electron chi connectivity index (χ2n) is 4.14. The number of hydrogen-bond donors (Lipinski definition) is 2. The minimum Gasteiger partial charge on any atom is -0.495 e. The molecule has 0 saturated heterocycles. The summed E-state index contributed by atoms with van der Waals surface area (Å²) in [5.41, 5.74) is 5.96. The molecule has 0 atom stereocenters. The molecule has 1 heterocycles. The van der Waals surface area contributed by atoms with Crippen molar-refractivity contribution in [3.63, 3.8) is 0 Å². The molecule has 2 rings (SSSR count). The van der Waals surface area contributed by atoms with Crippen molar-refractivity contribution in [2.45, 2.75) is 18.4 Å². The minimum absolute atomic E-state index is 0.258. The SMILES string of the molecule is COc1ccccc1NS(=O)(=O)c1cc(CN)sc1C. The second-order valence-corrected chi connectivity index (χ2v) is 7.13. The average Bonchev–Trinajstić information content (AvgIpc) is 2.81. The van der Waals surface area contributed by atoms with Crippen molar-refractivity contribution >= 4 is 27.0 Å². The number of benzene rings is 1. The number of ether oxygens (including phenoxy) is 1. The number of nitrogens with one attached hydrogen (secondary N) is 1. The van der Waals surface area contributed by atoms with E-state index >= 15 is 0 Å². The molecule has 1 aromatic heterocycles. The van der Waals surface area contributed by atoms with Crippen LogP contribution in [0.4, 0.5) is 5.69 Å². The maximum absolute atomic E-state index is 12.4. The van der Waals surface area contributed by atoms with Crippen LogP contribution in [-0.2, 0) is 16.6 Å². The standard InChI is InChI=1S/C13H16N2O3S2/c1-9-13(7-10(8-14)19-9)20(16,17)15-11-5-3-4-6-12(11)18-2/h3-7,15H,8,14H2,1-2H3. The van der Waals surface area contributed by atoms with E-state index in [-0.39, 0.29) is 4.90 Å². The van der Waals surface area contributed by atoms with Crippen LogP contribution >= 0.6 is 11.3 Å². The van der Waals surface area contributed by atoms with Gasteiger partial charge in [-0.1, -0.05) is 12.1 Å². The van der Waals surface area contributed by atoms with Crippen molar-refractivity contribution in [3.05, 3.63) is 40.1 Å². The van der Waals surface area contributed by atoms with Gasteiger partial charge in [-0.25, -0.2) is 8.42 Å². The van der Waals surface area contributed by atoms with Gasteiger partial charge in [0.25, 0.3) is 10.0 Å². The van der Waals surface area contributed by atoms with Gasteiger partial charge in [-0.3, -0.25) is 4.72 Å². The molecule has 0 unspecified atom stereocenters. The van der Waals surface area contributed by atoms with E-state index in [1.165, 1.54) is 18.4 Å². The van der Waals surface area contributed by atoms with Crippen molar-refractivity contribution < 1.29 is 13.2 Å². The van der Waals surface area contributed by atoms with Gasteiger partial charge in [-0.05, 0) is 25.1 Å². The van der Waals surface area contributed by atoms with Gasteiger partial charge in [0.15, 0.2) is 0 Å². The zero-order valence-electron chi connectivity index (χ0n) is 11.2. The fourth-order valence-corrected chi connectivity index (χ4v) is 4.41. The topological polar surface area (TPSA) is 81.4 Å². The minimum atomic E-state index is -3.64. The first-order valence-electron chi connectivity index (χ1n) is 5.93. The van der Waals surface area contributed by atoms with Crippen LogP contribution in [0.15, 0.2) is 35.2 Å². The zero-order valence-corrected chi connectivity index (χ0v) is 12.8. The summed E-state index contributed by atoms with van der Waals surface area (Å²) in [6.07, 6.45) is 0. The van der Waals surface area contributed by atoms with E-state index in [0.717, 1.165) is 4.88 Å². The molecule has 0 aliphatic heterocycles. The molecule has 3 N–H and O–H groups in total.